The van der Waals surface area contributed by atoms with Crippen molar-refractivity contribution in [3.63, 3.8) is 0 Å². The van der Waals surface area contributed by atoms with E-state index >= 15 is 0 Å². The zero-order valence-electron chi connectivity index (χ0n) is 16.0. The Bertz CT molecular complexity index is 826. The highest BCUT2D eigenvalue weighted by atomic mass is 16.2. The van der Waals surface area contributed by atoms with E-state index in [1.165, 1.54) is 6.92 Å². The summed E-state index contributed by atoms with van der Waals surface area (Å²) < 4.78 is 0. The molecule has 1 heterocycles. The second-order valence-corrected chi connectivity index (χ2v) is 7.07. The van der Waals surface area contributed by atoms with Gasteiger partial charge in [-0.3, -0.25) is 19.3 Å². The van der Waals surface area contributed by atoms with Crippen LogP contribution < -0.4 is 10.6 Å². The lowest BCUT2D eigenvalue weighted by atomic mass is 10.0. The zero-order chi connectivity index (χ0) is 19.9. The van der Waals surface area contributed by atoms with Gasteiger partial charge in [-0.05, 0) is 56.2 Å². The fourth-order valence-corrected chi connectivity index (χ4v) is 3.29. The van der Waals surface area contributed by atoms with Crippen molar-refractivity contribution in [3.8, 4) is 0 Å². The highest BCUT2D eigenvalue weighted by Gasteiger charge is 2.22. The summed E-state index contributed by atoms with van der Waals surface area (Å²) in [5.74, 6) is -0.131. The molecule has 2 aromatic rings. The van der Waals surface area contributed by atoms with E-state index in [9.17, 15) is 14.4 Å². The van der Waals surface area contributed by atoms with Crippen molar-refractivity contribution in [1.29, 1.82) is 0 Å². The molecule has 2 N–H and O–H groups in total. The van der Waals surface area contributed by atoms with Gasteiger partial charge in [-0.25, -0.2) is 0 Å². The molecule has 28 heavy (non-hydrogen) atoms. The number of likely N-dealkylation sites (tertiary alicyclic amines) is 1. The minimum Gasteiger partial charge on any atom is -0.349 e. The van der Waals surface area contributed by atoms with E-state index < -0.39 is 0 Å². The topological polar surface area (TPSA) is 78.5 Å². The molecule has 0 unspecified atom stereocenters. The van der Waals surface area contributed by atoms with Crippen LogP contribution in [0.1, 0.15) is 40.5 Å². The SMILES string of the molecule is CC(=O)c1ccc(NC(=O)CN2CCC(NC(=O)c3ccccc3)CC2)cc1. The fourth-order valence-electron chi connectivity index (χ4n) is 3.29. The number of anilines is 1. The number of amides is 2. The van der Waals surface area contributed by atoms with Crippen LogP contribution >= 0.6 is 0 Å². The summed E-state index contributed by atoms with van der Waals surface area (Å²) in [4.78, 5) is 37.9. The van der Waals surface area contributed by atoms with Crippen molar-refractivity contribution in [2.45, 2.75) is 25.8 Å². The van der Waals surface area contributed by atoms with Gasteiger partial charge in [0.05, 0.1) is 6.54 Å². The van der Waals surface area contributed by atoms with Crippen molar-refractivity contribution in [1.82, 2.24) is 10.2 Å². The van der Waals surface area contributed by atoms with E-state index in [0.29, 0.717) is 23.4 Å². The Hall–Kier alpha value is -2.99. The number of rotatable bonds is 6. The summed E-state index contributed by atoms with van der Waals surface area (Å²) in [6.45, 7) is 3.35. The molecule has 1 fully saturated rings. The minimum atomic E-state index is -0.0812. The maximum atomic E-state index is 12.3. The lowest BCUT2D eigenvalue weighted by molar-refractivity contribution is -0.117. The summed E-state index contributed by atoms with van der Waals surface area (Å²) in [5, 5.41) is 5.93. The first-order valence-electron chi connectivity index (χ1n) is 9.50. The van der Waals surface area contributed by atoms with Gasteiger partial charge >= 0.3 is 0 Å². The first-order chi connectivity index (χ1) is 13.5. The van der Waals surface area contributed by atoms with Gasteiger partial charge in [-0.15, -0.1) is 0 Å². The average Bonchev–Trinajstić information content (AvgIpc) is 2.70. The van der Waals surface area contributed by atoms with Gasteiger partial charge in [-0.1, -0.05) is 18.2 Å². The van der Waals surface area contributed by atoms with E-state index in [1.54, 1.807) is 36.4 Å². The van der Waals surface area contributed by atoms with Crippen molar-refractivity contribution >= 4 is 23.3 Å². The van der Waals surface area contributed by atoms with Crippen LogP contribution in [-0.2, 0) is 4.79 Å². The van der Waals surface area contributed by atoms with Crippen LogP contribution in [0, 0.1) is 0 Å². The van der Waals surface area contributed by atoms with Crippen LogP contribution in [0.5, 0.6) is 0 Å². The van der Waals surface area contributed by atoms with Crippen LogP contribution in [-0.4, -0.2) is 48.2 Å². The summed E-state index contributed by atoms with van der Waals surface area (Å²) in [6, 6.07) is 16.2. The maximum absolute atomic E-state index is 12.3. The highest BCUT2D eigenvalue weighted by molar-refractivity contribution is 5.96. The molecular weight excluding hydrogens is 354 g/mol. The molecule has 146 valence electrons. The Morgan fingerprint density at radius 3 is 2.18 bits per heavy atom. The largest absolute Gasteiger partial charge is 0.349 e. The van der Waals surface area contributed by atoms with Gasteiger partial charge < -0.3 is 10.6 Å². The standard InChI is InChI=1S/C22H25N3O3/c1-16(26)17-7-9-19(10-8-17)23-21(27)15-25-13-11-20(12-14-25)24-22(28)18-5-3-2-4-6-18/h2-10,20H,11-15H2,1H3,(H,23,27)(H,24,28). The van der Waals surface area contributed by atoms with Crippen LogP contribution in [0.25, 0.3) is 0 Å². The Labute approximate surface area is 164 Å². The average molecular weight is 379 g/mol. The summed E-state index contributed by atoms with van der Waals surface area (Å²) in [7, 11) is 0. The molecule has 3 rings (SSSR count). The minimum absolute atomic E-state index is 0.0000952. The maximum Gasteiger partial charge on any atom is 0.251 e. The van der Waals surface area contributed by atoms with Gasteiger partial charge in [0.2, 0.25) is 5.91 Å². The highest BCUT2D eigenvalue weighted by Crippen LogP contribution is 2.13. The van der Waals surface area contributed by atoms with Crippen LogP contribution in [0.4, 0.5) is 5.69 Å². The van der Waals surface area contributed by atoms with Gasteiger partial charge in [0.25, 0.3) is 5.91 Å². The molecule has 0 aromatic heterocycles. The molecule has 2 aromatic carbocycles. The van der Waals surface area contributed by atoms with E-state index in [2.05, 4.69) is 15.5 Å². The second kappa shape index (κ2) is 9.28. The number of carbonyl (C=O) groups excluding carboxylic acids is 3. The van der Waals surface area contributed by atoms with Crippen molar-refractivity contribution in [2.24, 2.45) is 0 Å². The fraction of sp³-hybridized carbons (Fsp3) is 0.318. The van der Waals surface area contributed by atoms with Gasteiger partial charge in [0.15, 0.2) is 5.78 Å². The molecule has 0 saturated carbocycles. The third-order valence-electron chi connectivity index (χ3n) is 4.90. The molecular formula is C22H25N3O3. The van der Waals surface area contributed by atoms with E-state index in [4.69, 9.17) is 0 Å². The molecule has 6 heteroatoms. The van der Waals surface area contributed by atoms with Crippen molar-refractivity contribution in [2.75, 3.05) is 25.0 Å². The molecule has 6 nitrogen and oxygen atoms in total. The number of Topliss-reactive ketones (excluding diaryl/α,β-unsaturated/α-hetero) is 1. The number of hydrogen-bond donors (Lipinski definition) is 2. The molecule has 0 bridgehead atoms. The number of nitrogens with one attached hydrogen (secondary N) is 2. The monoisotopic (exact) mass is 379 g/mol. The normalized spacial score (nSPS) is 15.0. The molecule has 0 spiro atoms. The molecule has 1 aliphatic heterocycles. The molecule has 1 saturated heterocycles. The molecule has 0 atom stereocenters. The Morgan fingerprint density at radius 2 is 1.57 bits per heavy atom. The van der Waals surface area contributed by atoms with Crippen LogP contribution in [0.2, 0.25) is 0 Å². The number of carbonyl (C=O) groups is 3. The molecule has 2 amide bonds. The first-order valence-corrected chi connectivity index (χ1v) is 9.50. The molecule has 0 radical (unpaired) electrons. The van der Waals surface area contributed by atoms with E-state index in [0.717, 1.165) is 25.9 Å². The Balaban J connectivity index is 1.41. The van der Waals surface area contributed by atoms with Crippen LogP contribution in [0.3, 0.4) is 0 Å². The van der Waals surface area contributed by atoms with Crippen LogP contribution in [0.15, 0.2) is 54.6 Å². The quantitative estimate of drug-likeness (QED) is 0.757. The lowest BCUT2D eigenvalue weighted by Crippen LogP contribution is -2.46. The zero-order valence-corrected chi connectivity index (χ0v) is 16.0. The first kappa shape index (κ1) is 19.8. The lowest BCUT2D eigenvalue weighted by Gasteiger charge is -2.31. The van der Waals surface area contributed by atoms with E-state index in [1.807, 2.05) is 18.2 Å². The summed E-state index contributed by atoms with van der Waals surface area (Å²) in [6.07, 6.45) is 1.64. The third-order valence-corrected chi connectivity index (χ3v) is 4.90. The van der Waals surface area contributed by atoms with Crippen molar-refractivity contribution < 1.29 is 14.4 Å². The predicted octanol–water partition coefficient (Wildman–Crippen LogP) is 2.72. The number of benzene rings is 2. The van der Waals surface area contributed by atoms with Gasteiger partial charge in [0, 0.05) is 35.9 Å². The summed E-state index contributed by atoms with van der Waals surface area (Å²) in [5.41, 5.74) is 1.97. The Kier molecular flexibility index (Phi) is 6.55. The van der Waals surface area contributed by atoms with E-state index in [-0.39, 0.29) is 23.6 Å². The van der Waals surface area contributed by atoms with Gasteiger partial charge in [-0.2, -0.15) is 0 Å². The molecule has 0 aliphatic carbocycles. The third kappa shape index (κ3) is 5.50. The second-order valence-electron chi connectivity index (χ2n) is 7.07. The number of hydrogen-bond acceptors (Lipinski definition) is 4. The van der Waals surface area contributed by atoms with Gasteiger partial charge in [0.1, 0.15) is 0 Å². The number of piperidine rings is 1. The Morgan fingerprint density at radius 1 is 0.929 bits per heavy atom. The summed E-state index contributed by atoms with van der Waals surface area (Å²) >= 11 is 0. The predicted molar refractivity (Wildman–Crippen MR) is 108 cm³/mol. The number of ketones is 1. The molecule has 1 aliphatic rings. The van der Waals surface area contributed by atoms with Crippen molar-refractivity contribution in [3.05, 3.63) is 65.7 Å². The smallest absolute Gasteiger partial charge is 0.251 e. The number of nitrogens with zero attached hydrogens (tertiary/aromatic N) is 1.